The van der Waals surface area contributed by atoms with E-state index in [1.807, 2.05) is 49.3 Å². The van der Waals surface area contributed by atoms with Gasteiger partial charge in [-0.2, -0.15) is 10.1 Å². The Kier molecular flexibility index (Phi) is 4.60. The maximum Gasteiger partial charge on any atom is 0.282 e. The first-order valence-corrected chi connectivity index (χ1v) is 8.04. The predicted octanol–water partition coefficient (Wildman–Crippen LogP) is 4.19. The zero-order valence-electron chi connectivity index (χ0n) is 13.2. The van der Waals surface area contributed by atoms with Gasteiger partial charge in [0.2, 0.25) is 0 Å². The Morgan fingerprint density at radius 2 is 1.67 bits per heavy atom. The lowest BCUT2D eigenvalue weighted by Gasteiger charge is -2.13. The van der Waals surface area contributed by atoms with Crippen molar-refractivity contribution in [1.82, 2.24) is 4.90 Å². The summed E-state index contributed by atoms with van der Waals surface area (Å²) in [6, 6.07) is 14.5. The van der Waals surface area contributed by atoms with Crippen LogP contribution in [-0.4, -0.2) is 30.6 Å². The SMILES string of the molecule is CN(C)C=C1C(=O)N(c2cc(Cl)cc(Cl)c2)N=C1c1ccccc1. The van der Waals surface area contributed by atoms with Crippen LogP contribution < -0.4 is 5.01 Å². The highest BCUT2D eigenvalue weighted by Crippen LogP contribution is 2.30. The Labute approximate surface area is 150 Å². The molecule has 0 saturated heterocycles. The largest absolute Gasteiger partial charge is 0.383 e. The molecular weight excluding hydrogens is 345 g/mol. The fourth-order valence-corrected chi connectivity index (χ4v) is 2.95. The first-order chi connectivity index (χ1) is 11.5. The molecule has 1 aliphatic heterocycles. The Balaban J connectivity index is 2.12. The third-order valence-corrected chi connectivity index (χ3v) is 3.84. The van der Waals surface area contributed by atoms with Crippen LogP contribution in [0.2, 0.25) is 10.0 Å². The Hall–Kier alpha value is -2.30. The van der Waals surface area contributed by atoms with Gasteiger partial charge in [-0.3, -0.25) is 4.79 Å². The van der Waals surface area contributed by atoms with Gasteiger partial charge in [-0.15, -0.1) is 0 Å². The molecule has 0 aromatic heterocycles. The van der Waals surface area contributed by atoms with E-state index >= 15 is 0 Å². The summed E-state index contributed by atoms with van der Waals surface area (Å²) in [5, 5.41) is 6.74. The van der Waals surface area contributed by atoms with Crippen molar-refractivity contribution >= 4 is 40.5 Å². The maximum atomic E-state index is 12.9. The number of nitrogens with zero attached hydrogens (tertiary/aromatic N) is 3. The zero-order valence-corrected chi connectivity index (χ0v) is 14.7. The van der Waals surface area contributed by atoms with Crippen molar-refractivity contribution in [3.63, 3.8) is 0 Å². The van der Waals surface area contributed by atoms with Gasteiger partial charge in [0.25, 0.3) is 5.91 Å². The number of hydrogen-bond donors (Lipinski definition) is 0. The smallest absolute Gasteiger partial charge is 0.282 e. The lowest BCUT2D eigenvalue weighted by Crippen LogP contribution is -2.22. The van der Waals surface area contributed by atoms with E-state index in [0.717, 1.165) is 5.56 Å². The number of hydrogen-bond acceptors (Lipinski definition) is 3. The van der Waals surface area contributed by atoms with Crippen molar-refractivity contribution in [1.29, 1.82) is 0 Å². The third-order valence-electron chi connectivity index (χ3n) is 3.40. The van der Waals surface area contributed by atoms with Crippen LogP contribution >= 0.6 is 23.2 Å². The fourth-order valence-electron chi connectivity index (χ4n) is 2.44. The highest BCUT2D eigenvalue weighted by Gasteiger charge is 2.32. The average Bonchev–Trinajstić information content (AvgIpc) is 2.84. The minimum atomic E-state index is -0.221. The highest BCUT2D eigenvalue weighted by molar-refractivity contribution is 6.37. The molecule has 0 radical (unpaired) electrons. The molecule has 0 unspecified atom stereocenters. The molecule has 2 aromatic carbocycles. The summed E-state index contributed by atoms with van der Waals surface area (Å²) in [7, 11) is 3.73. The number of anilines is 1. The minimum Gasteiger partial charge on any atom is -0.383 e. The Morgan fingerprint density at radius 3 is 2.25 bits per heavy atom. The van der Waals surface area contributed by atoms with E-state index in [1.165, 1.54) is 5.01 Å². The van der Waals surface area contributed by atoms with Crippen LogP contribution in [0.3, 0.4) is 0 Å². The molecular formula is C18H15Cl2N3O. The quantitative estimate of drug-likeness (QED) is 0.770. The summed E-state index contributed by atoms with van der Waals surface area (Å²) in [6.45, 7) is 0. The molecule has 122 valence electrons. The van der Waals surface area contributed by atoms with E-state index < -0.39 is 0 Å². The molecule has 0 atom stereocenters. The van der Waals surface area contributed by atoms with Crippen molar-refractivity contribution in [3.05, 3.63) is 75.9 Å². The molecule has 24 heavy (non-hydrogen) atoms. The van der Waals surface area contributed by atoms with Crippen LogP contribution in [0.25, 0.3) is 0 Å². The number of hydrazone groups is 1. The first-order valence-electron chi connectivity index (χ1n) is 7.29. The second-order valence-electron chi connectivity index (χ2n) is 5.57. The van der Waals surface area contributed by atoms with E-state index in [-0.39, 0.29) is 5.91 Å². The van der Waals surface area contributed by atoms with E-state index in [4.69, 9.17) is 23.2 Å². The van der Waals surface area contributed by atoms with Gasteiger partial charge in [-0.25, -0.2) is 0 Å². The van der Waals surface area contributed by atoms with E-state index in [2.05, 4.69) is 5.10 Å². The number of rotatable bonds is 3. The van der Waals surface area contributed by atoms with Gasteiger partial charge in [0, 0.05) is 35.9 Å². The molecule has 1 heterocycles. The van der Waals surface area contributed by atoms with Gasteiger partial charge in [-0.05, 0) is 18.2 Å². The monoisotopic (exact) mass is 359 g/mol. The summed E-state index contributed by atoms with van der Waals surface area (Å²) >= 11 is 12.1. The number of carbonyl (C=O) groups is 1. The second kappa shape index (κ2) is 6.67. The summed E-state index contributed by atoms with van der Waals surface area (Å²) < 4.78 is 0. The second-order valence-corrected chi connectivity index (χ2v) is 6.44. The number of benzene rings is 2. The molecule has 0 spiro atoms. The molecule has 1 aliphatic rings. The van der Waals surface area contributed by atoms with Gasteiger partial charge in [0.1, 0.15) is 5.71 Å². The van der Waals surface area contributed by atoms with Crippen molar-refractivity contribution in [2.24, 2.45) is 5.10 Å². The fraction of sp³-hybridized carbons (Fsp3) is 0.111. The summed E-state index contributed by atoms with van der Waals surface area (Å²) in [5.41, 5.74) is 2.54. The van der Waals surface area contributed by atoms with Crippen molar-refractivity contribution in [3.8, 4) is 0 Å². The molecule has 6 heteroatoms. The normalized spacial score (nSPS) is 15.8. The average molecular weight is 360 g/mol. The Morgan fingerprint density at radius 1 is 1.04 bits per heavy atom. The van der Waals surface area contributed by atoms with Gasteiger partial charge in [0.05, 0.1) is 11.3 Å². The van der Waals surface area contributed by atoms with Crippen LogP contribution in [0.4, 0.5) is 5.69 Å². The molecule has 0 N–H and O–H groups in total. The van der Waals surface area contributed by atoms with Crippen LogP contribution in [0.5, 0.6) is 0 Å². The van der Waals surface area contributed by atoms with E-state index in [1.54, 1.807) is 24.4 Å². The molecule has 4 nitrogen and oxygen atoms in total. The summed E-state index contributed by atoms with van der Waals surface area (Å²) in [5.74, 6) is -0.221. The number of halogens is 2. The minimum absolute atomic E-state index is 0.221. The first kappa shape index (κ1) is 16.6. The van der Waals surface area contributed by atoms with Crippen LogP contribution in [0.1, 0.15) is 5.56 Å². The molecule has 1 amide bonds. The predicted molar refractivity (Wildman–Crippen MR) is 98.7 cm³/mol. The number of carbonyl (C=O) groups excluding carboxylic acids is 1. The molecule has 0 aliphatic carbocycles. The van der Waals surface area contributed by atoms with Crippen LogP contribution in [-0.2, 0) is 4.79 Å². The molecule has 0 saturated carbocycles. The lowest BCUT2D eigenvalue weighted by molar-refractivity contribution is -0.114. The zero-order chi connectivity index (χ0) is 17.3. The van der Waals surface area contributed by atoms with Crippen molar-refractivity contribution in [2.75, 3.05) is 19.1 Å². The van der Waals surface area contributed by atoms with E-state index in [0.29, 0.717) is 27.0 Å². The topological polar surface area (TPSA) is 35.9 Å². The summed E-state index contributed by atoms with van der Waals surface area (Å²) in [6.07, 6.45) is 1.76. The Bertz CT molecular complexity index is 824. The van der Waals surface area contributed by atoms with Gasteiger partial charge < -0.3 is 4.90 Å². The van der Waals surface area contributed by atoms with Gasteiger partial charge in [0.15, 0.2) is 0 Å². The standard InChI is InChI=1S/C18H15Cl2N3O/c1-22(2)11-16-17(12-6-4-3-5-7-12)21-23(18(16)24)15-9-13(19)8-14(20)10-15/h3-11H,1-2H3. The van der Waals surface area contributed by atoms with Crippen molar-refractivity contribution < 1.29 is 4.79 Å². The lowest BCUT2D eigenvalue weighted by atomic mass is 10.0. The molecule has 3 rings (SSSR count). The van der Waals surface area contributed by atoms with Crippen LogP contribution in [0, 0.1) is 0 Å². The van der Waals surface area contributed by atoms with Crippen LogP contribution in [0.15, 0.2) is 65.4 Å². The van der Waals surface area contributed by atoms with Crippen molar-refractivity contribution in [2.45, 2.75) is 0 Å². The molecule has 2 aromatic rings. The maximum absolute atomic E-state index is 12.9. The molecule has 0 fully saturated rings. The molecule has 0 bridgehead atoms. The van der Waals surface area contributed by atoms with Gasteiger partial charge >= 0.3 is 0 Å². The van der Waals surface area contributed by atoms with E-state index in [9.17, 15) is 4.79 Å². The summed E-state index contributed by atoms with van der Waals surface area (Å²) in [4.78, 5) is 14.7. The van der Waals surface area contributed by atoms with Gasteiger partial charge in [-0.1, -0.05) is 53.5 Å². The highest BCUT2D eigenvalue weighted by atomic mass is 35.5. The number of amides is 1. The third kappa shape index (κ3) is 3.30.